The van der Waals surface area contributed by atoms with Gasteiger partial charge in [0.1, 0.15) is 0 Å². The lowest BCUT2D eigenvalue weighted by molar-refractivity contribution is 0.208. The molecule has 110 valence electrons. The highest BCUT2D eigenvalue weighted by atomic mass is 15.1. The summed E-state index contributed by atoms with van der Waals surface area (Å²) in [5, 5.41) is 3.84. The number of likely N-dealkylation sites (tertiary alicyclic amines) is 1. The van der Waals surface area contributed by atoms with Crippen molar-refractivity contribution in [3.63, 3.8) is 0 Å². The van der Waals surface area contributed by atoms with Gasteiger partial charge in [-0.15, -0.1) is 0 Å². The average Bonchev–Trinajstić information content (AvgIpc) is 2.48. The Labute approximate surface area is 123 Å². The van der Waals surface area contributed by atoms with Gasteiger partial charge in [0.15, 0.2) is 0 Å². The topological polar surface area (TPSA) is 15.3 Å². The van der Waals surface area contributed by atoms with Crippen LogP contribution >= 0.6 is 0 Å². The van der Waals surface area contributed by atoms with Crippen molar-refractivity contribution in [3.05, 3.63) is 29.3 Å². The average molecular weight is 272 g/mol. The largest absolute Gasteiger partial charge is 0.382 e. The van der Waals surface area contributed by atoms with Crippen LogP contribution in [0.2, 0.25) is 0 Å². The van der Waals surface area contributed by atoms with Crippen LogP contribution in [-0.4, -0.2) is 31.1 Å². The molecule has 1 aromatic carbocycles. The molecule has 20 heavy (non-hydrogen) atoms. The number of anilines is 1. The molecule has 0 radical (unpaired) electrons. The fraction of sp³-hybridized carbons (Fsp3) is 0.667. The molecule has 1 aliphatic heterocycles. The van der Waals surface area contributed by atoms with E-state index in [1.807, 2.05) is 0 Å². The SMILES string of the molecule is CC(Nc1cccc2c1CCCC2)C1CCN(C)CC1. The van der Waals surface area contributed by atoms with Crippen LogP contribution in [0.25, 0.3) is 0 Å². The first kappa shape index (κ1) is 13.9. The second kappa shape index (κ2) is 6.17. The fourth-order valence-corrected chi connectivity index (χ4v) is 3.81. The normalized spacial score (nSPS) is 22.3. The summed E-state index contributed by atoms with van der Waals surface area (Å²) in [6.45, 7) is 4.88. The highest BCUT2D eigenvalue weighted by molar-refractivity contribution is 5.56. The molecular formula is C18H28N2. The molecule has 1 aliphatic carbocycles. The van der Waals surface area contributed by atoms with E-state index in [9.17, 15) is 0 Å². The summed E-state index contributed by atoms with van der Waals surface area (Å²) in [4.78, 5) is 2.45. The van der Waals surface area contributed by atoms with Crippen LogP contribution in [-0.2, 0) is 12.8 Å². The molecule has 1 aromatic rings. The van der Waals surface area contributed by atoms with E-state index in [0.29, 0.717) is 6.04 Å². The predicted molar refractivity (Wildman–Crippen MR) is 86.4 cm³/mol. The maximum atomic E-state index is 3.84. The summed E-state index contributed by atoms with van der Waals surface area (Å²) >= 11 is 0. The third-order valence-electron chi connectivity index (χ3n) is 5.25. The molecule has 2 heteroatoms. The van der Waals surface area contributed by atoms with E-state index in [0.717, 1.165) is 5.92 Å². The monoisotopic (exact) mass is 272 g/mol. The maximum absolute atomic E-state index is 3.84. The van der Waals surface area contributed by atoms with Crippen LogP contribution in [0.1, 0.15) is 43.7 Å². The molecule has 0 spiro atoms. The van der Waals surface area contributed by atoms with E-state index >= 15 is 0 Å². The van der Waals surface area contributed by atoms with Crippen LogP contribution in [0.3, 0.4) is 0 Å². The number of aryl methyl sites for hydroxylation is 1. The zero-order chi connectivity index (χ0) is 13.9. The van der Waals surface area contributed by atoms with E-state index in [4.69, 9.17) is 0 Å². The summed E-state index contributed by atoms with van der Waals surface area (Å²) < 4.78 is 0. The van der Waals surface area contributed by atoms with Crippen molar-refractivity contribution >= 4 is 5.69 Å². The maximum Gasteiger partial charge on any atom is 0.0377 e. The first-order valence-corrected chi connectivity index (χ1v) is 8.30. The van der Waals surface area contributed by atoms with Gasteiger partial charge in [-0.05, 0) is 88.7 Å². The Morgan fingerprint density at radius 1 is 1.15 bits per heavy atom. The Kier molecular flexibility index (Phi) is 4.30. The van der Waals surface area contributed by atoms with Crippen molar-refractivity contribution in [2.45, 2.75) is 51.5 Å². The second-order valence-corrected chi connectivity index (χ2v) is 6.72. The Morgan fingerprint density at radius 3 is 2.70 bits per heavy atom. The van der Waals surface area contributed by atoms with Gasteiger partial charge in [-0.2, -0.15) is 0 Å². The standard InChI is InChI=1S/C18H28N2/c1-14(15-10-12-20(2)13-11-15)19-18-9-5-7-16-6-3-4-8-17(16)18/h5,7,9,14-15,19H,3-4,6,8,10-13H2,1-2H3. The predicted octanol–water partition coefficient (Wildman–Crippen LogP) is 3.71. The third kappa shape index (κ3) is 3.01. The first-order valence-electron chi connectivity index (χ1n) is 8.30. The van der Waals surface area contributed by atoms with Crippen LogP contribution < -0.4 is 5.32 Å². The minimum absolute atomic E-state index is 0.595. The summed E-state index contributed by atoms with van der Waals surface area (Å²) in [5.74, 6) is 0.825. The van der Waals surface area contributed by atoms with Crippen molar-refractivity contribution in [1.29, 1.82) is 0 Å². The lowest BCUT2D eigenvalue weighted by Gasteiger charge is -2.34. The minimum Gasteiger partial charge on any atom is -0.382 e. The summed E-state index contributed by atoms with van der Waals surface area (Å²) in [6, 6.07) is 7.43. The van der Waals surface area contributed by atoms with Gasteiger partial charge >= 0.3 is 0 Å². The lowest BCUT2D eigenvalue weighted by atomic mass is 9.88. The van der Waals surface area contributed by atoms with Gasteiger partial charge in [-0.25, -0.2) is 0 Å². The van der Waals surface area contributed by atoms with E-state index in [2.05, 4.69) is 42.4 Å². The molecular weight excluding hydrogens is 244 g/mol. The second-order valence-electron chi connectivity index (χ2n) is 6.72. The summed E-state index contributed by atoms with van der Waals surface area (Å²) in [6.07, 6.45) is 7.92. The Bertz CT molecular complexity index is 447. The molecule has 1 fully saturated rings. The number of fused-ring (bicyclic) bond motifs is 1. The van der Waals surface area contributed by atoms with Crippen molar-refractivity contribution in [1.82, 2.24) is 4.90 Å². The summed E-state index contributed by atoms with van der Waals surface area (Å²) in [7, 11) is 2.24. The number of hydrogen-bond acceptors (Lipinski definition) is 2. The van der Waals surface area contributed by atoms with E-state index in [1.54, 1.807) is 11.1 Å². The fourth-order valence-electron chi connectivity index (χ4n) is 3.81. The van der Waals surface area contributed by atoms with Gasteiger partial charge in [0, 0.05) is 11.7 Å². The number of rotatable bonds is 3. The Morgan fingerprint density at radius 2 is 1.90 bits per heavy atom. The van der Waals surface area contributed by atoms with E-state index < -0.39 is 0 Å². The quantitative estimate of drug-likeness (QED) is 0.902. The molecule has 1 atom stereocenters. The van der Waals surface area contributed by atoms with Gasteiger partial charge in [-0.3, -0.25) is 0 Å². The van der Waals surface area contributed by atoms with E-state index in [1.165, 1.54) is 57.3 Å². The van der Waals surface area contributed by atoms with Crippen molar-refractivity contribution < 1.29 is 0 Å². The number of nitrogens with zero attached hydrogens (tertiary/aromatic N) is 1. The Balaban J connectivity index is 1.68. The van der Waals surface area contributed by atoms with Crippen molar-refractivity contribution in [2.75, 3.05) is 25.5 Å². The van der Waals surface area contributed by atoms with Crippen LogP contribution in [0.5, 0.6) is 0 Å². The third-order valence-corrected chi connectivity index (χ3v) is 5.25. The molecule has 2 nitrogen and oxygen atoms in total. The molecule has 1 heterocycles. The molecule has 0 saturated carbocycles. The molecule has 0 aromatic heterocycles. The molecule has 1 N–H and O–H groups in total. The number of benzene rings is 1. The highest BCUT2D eigenvalue weighted by Gasteiger charge is 2.23. The highest BCUT2D eigenvalue weighted by Crippen LogP contribution is 2.30. The zero-order valence-electron chi connectivity index (χ0n) is 13.0. The van der Waals surface area contributed by atoms with Crippen molar-refractivity contribution in [2.24, 2.45) is 5.92 Å². The molecule has 1 unspecified atom stereocenters. The van der Waals surface area contributed by atoms with Gasteiger partial charge < -0.3 is 10.2 Å². The molecule has 2 aliphatic rings. The van der Waals surface area contributed by atoms with Crippen molar-refractivity contribution in [3.8, 4) is 0 Å². The van der Waals surface area contributed by atoms with Crippen LogP contribution in [0.15, 0.2) is 18.2 Å². The first-order chi connectivity index (χ1) is 9.74. The van der Waals surface area contributed by atoms with E-state index in [-0.39, 0.29) is 0 Å². The molecule has 0 amide bonds. The minimum atomic E-state index is 0.595. The Hall–Kier alpha value is -1.02. The van der Waals surface area contributed by atoms with Gasteiger partial charge in [0.05, 0.1) is 0 Å². The van der Waals surface area contributed by atoms with Gasteiger partial charge in [-0.1, -0.05) is 12.1 Å². The number of piperidine rings is 1. The van der Waals surface area contributed by atoms with Gasteiger partial charge in [0.2, 0.25) is 0 Å². The molecule has 1 saturated heterocycles. The number of nitrogens with one attached hydrogen (secondary N) is 1. The molecule has 0 bridgehead atoms. The van der Waals surface area contributed by atoms with Gasteiger partial charge in [0.25, 0.3) is 0 Å². The zero-order valence-corrected chi connectivity index (χ0v) is 13.0. The van der Waals surface area contributed by atoms with Crippen LogP contribution in [0.4, 0.5) is 5.69 Å². The lowest BCUT2D eigenvalue weighted by Crippen LogP contribution is -2.37. The van der Waals surface area contributed by atoms with Crippen LogP contribution in [0, 0.1) is 5.92 Å². The smallest absolute Gasteiger partial charge is 0.0377 e. The number of hydrogen-bond donors (Lipinski definition) is 1. The summed E-state index contributed by atoms with van der Waals surface area (Å²) in [5.41, 5.74) is 4.59. The molecule has 3 rings (SSSR count).